The van der Waals surface area contributed by atoms with Crippen LogP contribution in [-0.4, -0.2) is 43.6 Å². The number of halogens is 2. The molecule has 1 saturated carbocycles. The topological polar surface area (TPSA) is 151 Å². The second-order valence-corrected chi connectivity index (χ2v) is 8.97. The van der Waals surface area contributed by atoms with Crippen molar-refractivity contribution in [3.05, 3.63) is 72.3 Å². The van der Waals surface area contributed by atoms with Gasteiger partial charge in [-0.3, -0.25) is 9.78 Å². The van der Waals surface area contributed by atoms with Gasteiger partial charge in [0.25, 0.3) is 5.91 Å². The van der Waals surface area contributed by atoms with Crippen LogP contribution in [0.15, 0.2) is 55.0 Å². The summed E-state index contributed by atoms with van der Waals surface area (Å²) in [5, 5.41) is 16.0. The molecule has 0 unspecified atom stereocenters. The molecule has 0 bridgehead atoms. The summed E-state index contributed by atoms with van der Waals surface area (Å²) in [6, 6.07) is 8.28. The SMILES string of the molecule is Nc1cc(N[C@H]2CC[C@H](NC(=O)Nc3ccc(F)cc3)CC2)nn2c(C(=O)Nc3ccncc3F)cnc12. The number of hydrogen-bond acceptors (Lipinski definition) is 7. The Hall–Kier alpha value is -4.81. The number of pyridine rings is 1. The summed E-state index contributed by atoms with van der Waals surface area (Å²) in [5.74, 6) is -1.17. The van der Waals surface area contributed by atoms with E-state index in [1.165, 1.54) is 47.2 Å². The zero-order valence-corrected chi connectivity index (χ0v) is 20.1. The predicted octanol–water partition coefficient (Wildman–Crippen LogP) is 3.78. The first-order valence-corrected chi connectivity index (χ1v) is 12.0. The summed E-state index contributed by atoms with van der Waals surface area (Å²) in [6.07, 6.45) is 6.70. The monoisotopic (exact) mass is 521 g/mol. The van der Waals surface area contributed by atoms with E-state index in [1.807, 2.05) is 0 Å². The van der Waals surface area contributed by atoms with Gasteiger partial charge in [0, 0.05) is 30.0 Å². The van der Waals surface area contributed by atoms with E-state index in [-0.39, 0.29) is 35.3 Å². The molecule has 196 valence electrons. The van der Waals surface area contributed by atoms with Gasteiger partial charge in [0.05, 0.1) is 23.8 Å². The van der Waals surface area contributed by atoms with Crippen LogP contribution in [0.3, 0.4) is 0 Å². The highest BCUT2D eigenvalue weighted by atomic mass is 19.1. The second kappa shape index (κ2) is 10.7. The molecule has 0 saturated heterocycles. The Kier molecular flexibility index (Phi) is 6.98. The number of urea groups is 1. The van der Waals surface area contributed by atoms with E-state index < -0.39 is 11.7 Å². The van der Waals surface area contributed by atoms with Gasteiger partial charge >= 0.3 is 6.03 Å². The van der Waals surface area contributed by atoms with E-state index in [4.69, 9.17) is 5.73 Å². The average Bonchev–Trinajstić information content (AvgIpc) is 3.33. The number of amides is 3. The molecule has 1 fully saturated rings. The van der Waals surface area contributed by atoms with Crippen LogP contribution in [0.4, 0.5) is 36.5 Å². The third-order valence-electron chi connectivity index (χ3n) is 6.27. The number of nitrogens with one attached hydrogen (secondary N) is 4. The number of carbonyl (C=O) groups excluding carboxylic acids is 2. The van der Waals surface area contributed by atoms with Gasteiger partial charge in [-0.1, -0.05) is 0 Å². The summed E-state index contributed by atoms with van der Waals surface area (Å²) in [7, 11) is 0. The predicted molar refractivity (Wildman–Crippen MR) is 138 cm³/mol. The molecule has 5 rings (SSSR count). The fourth-order valence-corrected chi connectivity index (χ4v) is 4.36. The lowest BCUT2D eigenvalue weighted by atomic mass is 9.91. The number of nitrogens with two attached hydrogens (primary N) is 1. The molecule has 3 amide bonds. The smallest absolute Gasteiger partial charge is 0.319 e. The van der Waals surface area contributed by atoms with Crippen LogP contribution in [0.25, 0.3) is 5.65 Å². The van der Waals surface area contributed by atoms with Gasteiger partial charge in [-0.2, -0.15) is 0 Å². The first-order valence-electron chi connectivity index (χ1n) is 12.0. The highest BCUT2D eigenvalue weighted by Crippen LogP contribution is 2.24. The van der Waals surface area contributed by atoms with Crippen molar-refractivity contribution in [2.75, 3.05) is 21.7 Å². The Bertz CT molecular complexity index is 1470. The van der Waals surface area contributed by atoms with Crippen LogP contribution in [0, 0.1) is 11.6 Å². The lowest BCUT2D eigenvalue weighted by molar-refractivity contribution is 0.102. The van der Waals surface area contributed by atoms with Crippen molar-refractivity contribution in [3.8, 4) is 0 Å². The van der Waals surface area contributed by atoms with Gasteiger partial charge in [-0.25, -0.2) is 23.1 Å². The number of aromatic nitrogens is 4. The van der Waals surface area contributed by atoms with Crippen LogP contribution in [-0.2, 0) is 0 Å². The molecule has 3 heterocycles. The minimum absolute atomic E-state index is 0.00784. The van der Waals surface area contributed by atoms with Crippen LogP contribution in [0.5, 0.6) is 0 Å². The zero-order chi connectivity index (χ0) is 26.6. The summed E-state index contributed by atoms with van der Waals surface area (Å²) < 4.78 is 28.3. The van der Waals surface area contributed by atoms with E-state index in [0.717, 1.165) is 31.9 Å². The lowest BCUT2D eigenvalue weighted by Crippen LogP contribution is -2.42. The first kappa shape index (κ1) is 24.9. The highest BCUT2D eigenvalue weighted by molar-refractivity contribution is 6.03. The minimum atomic E-state index is -0.664. The Labute approximate surface area is 215 Å². The number of benzene rings is 1. The number of hydrogen-bond donors (Lipinski definition) is 5. The van der Waals surface area contributed by atoms with Gasteiger partial charge in [0.2, 0.25) is 0 Å². The number of carbonyl (C=O) groups is 2. The molecule has 0 atom stereocenters. The Morgan fingerprint density at radius 2 is 1.71 bits per heavy atom. The summed E-state index contributed by atoms with van der Waals surface area (Å²) in [4.78, 5) is 32.9. The number of nitrogens with zero attached hydrogens (tertiary/aromatic N) is 4. The molecule has 0 radical (unpaired) electrons. The fourth-order valence-electron chi connectivity index (χ4n) is 4.36. The van der Waals surface area contributed by atoms with Crippen molar-refractivity contribution in [3.63, 3.8) is 0 Å². The molecule has 1 aromatic carbocycles. The standard InChI is InChI=1S/C25H25F2N9O2/c26-14-1-3-16(4-2-14)32-25(38)33-17-7-5-15(6-8-17)31-22-11-19(28)23-30-13-21(36(23)35-22)24(37)34-20-9-10-29-12-18(20)27/h1-4,9-13,15,17H,5-8,28H2,(H,31,35)(H,29,34,37)(H2,32,33,38)/t15-,17-. The molecular weight excluding hydrogens is 496 g/mol. The molecular formula is C25H25F2N9O2. The van der Waals surface area contributed by atoms with E-state index >= 15 is 0 Å². The van der Waals surface area contributed by atoms with E-state index in [9.17, 15) is 18.4 Å². The third kappa shape index (κ3) is 5.61. The van der Waals surface area contributed by atoms with E-state index in [2.05, 4.69) is 36.3 Å². The second-order valence-electron chi connectivity index (χ2n) is 8.97. The molecule has 4 aromatic rings. The normalized spacial score (nSPS) is 17.1. The maximum Gasteiger partial charge on any atom is 0.319 e. The number of rotatable bonds is 6. The quantitative estimate of drug-likeness (QED) is 0.259. The summed E-state index contributed by atoms with van der Waals surface area (Å²) in [6.45, 7) is 0. The Morgan fingerprint density at radius 3 is 2.45 bits per heavy atom. The van der Waals surface area contributed by atoms with Crippen LogP contribution < -0.4 is 27.0 Å². The van der Waals surface area contributed by atoms with Crippen LogP contribution in [0.2, 0.25) is 0 Å². The number of imidazole rings is 1. The molecule has 0 aliphatic heterocycles. The minimum Gasteiger partial charge on any atom is -0.396 e. The Morgan fingerprint density at radius 1 is 0.974 bits per heavy atom. The molecule has 1 aliphatic carbocycles. The molecule has 38 heavy (non-hydrogen) atoms. The maximum absolute atomic E-state index is 13.9. The Balaban J connectivity index is 1.19. The fraction of sp³-hybridized carbons (Fsp3) is 0.240. The van der Waals surface area contributed by atoms with E-state index in [1.54, 1.807) is 6.07 Å². The molecule has 1 aliphatic rings. The van der Waals surface area contributed by atoms with Crippen molar-refractivity contribution in [1.29, 1.82) is 0 Å². The van der Waals surface area contributed by atoms with Gasteiger partial charge in [0.15, 0.2) is 17.2 Å². The molecule has 0 spiro atoms. The number of fused-ring (bicyclic) bond motifs is 1. The molecule has 13 heteroatoms. The van der Waals surface area contributed by atoms with Gasteiger partial charge in [-0.05, 0) is 56.0 Å². The van der Waals surface area contributed by atoms with Gasteiger partial charge in [-0.15, -0.1) is 5.10 Å². The number of anilines is 4. The zero-order valence-electron chi connectivity index (χ0n) is 20.1. The summed E-state index contributed by atoms with van der Waals surface area (Å²) in [5.41, 5.74) is 7.37. The molecule has 11 nitrogen and oxygen atoms in total. The highest BCUT2D eigenvalue weighted by Gasteiger charge is 2.24. The van der Waals surface area contributed by atoms with Crippen molar-refractivity contribution in [1.82, 2.24) is 24.9 Å². The van der Waals surface area contributed by atoms with E-state index in [0.29, 0.717) is 22.8 Å². The van der Waals surface area contributed by atoms with Crippen molar-refractivity contribution in [2.24, 2.45) is 0 Å². The van der Waals surface area contributed by atoms with Gasteiger partial charge in [0.1, 0.15) is 11.6 Å². The largest absolute Gasteiger partial charge is 0.396 e. The lowest BCUT2D eigenvalue weighted by Gasteiger charge is -2.30. The van der Waals surface area contributed by atoms with Crippen LogP contribution in [0.1, 0.15) is 36.2 Å². The van der Waals surface area contributed by atoms with Crippen molar-refractivity contribution in [2.45, 2.75) is 37.8 Å². The summed E-state index contributed by atoms with van der Waals surface area (Å²) >= 11 is 0. The maximum atomic E-state index is 13.9. The van der Waals surface area contributed by atoms with Gasteiger partial charge < -0.3 is 27.0 Å². The third-order valence-corrected chi connectivity index (χ3v) is 6.27. The van der Waals surface area contributed by atoms with Crippen molar-refractivity contribution >= 4 is 40.5 Å². The molecule has 6 N–H and O–H groups in total. The average molecular weight is 522 g/mol. The first-order chi connectivity index (χ1) is 18.4. The van der Waals surface area contributed by atoms with Crippen molar-refractivity contribution < 1.29 is 18.4 Å². The van der Waals surface area contributed by atoms with Crippen LogP contribution >= 0.6 is 0 Å². The molecule has 3 aromatic heterocycles. The number of nitrogen functional groups attached to an aromatic ring is 1.